The largest absolute Gasteiger partial charge is 0.510 e. The molecule has 0 radical (unpaired) electrons. The Kier molecular flexibility index (Phi) is 4.87. The highest BCUT2D eigenvalue weighted by molar-refractivity contribution is 5.88. The van der Waals surface area contributed by atoms with Crippen molar-refractivity contribution in [2.45, 2.75) is 13.3 Å². The Labute approximate surface area is 99.4 Å². The van der Waals surface area contributed by atoms with Crippen LogP contribution in [-0.2, 0) is 9.53 Å². The normalized spacial score (nSPS) is 12.4. The molecule has 0 spiro atoms. The van der Waals surface area contributed by atoms with Crippen molar-refractivity contribution in [2.75, 3.05) is 7.11 Å². The zero-order valence-corrected chi connectivity index (χ0v) is 9.75. The second-order valence-electron chi connectivity index (χ2n) is 3.18. The van der Waals surface area contributed by atoms with Gasteiger partial charge in [0.25, 0.3) is 0 Å². The Morgan fingerprint density at radius 2 is 2.00 bits per heavy atom. The fraction of sp³-hybridized carbons (Fsp3) is 0.250. The Hall–Kier alpha value is -2.17. The van der Waals surface area contributed by atoms with Crippen molar-refractivity contribution in [1.29, 1.82) is 0 Å². The number of rotatable bonds is 4. The van der Waals surface area contributed by atoms with E-state index in [0.29, 0.717) is 5.69 Å². The molecule has 5 heteroatoms. The summed E-state index contributed by atoms with van der Waals surface area (Å²) in [6.07, 6.45) is 0.290. The zero-order chi connectivity index (χ0) is 12.7. The van der Waals surface area contributed by atoms with Crippen molar-refractivity contribution in [3.8, 4) is 0 Å². The second-order valence-corrected chi connectivity index (χ2v) is 3.18. The van der Waals surface area contributed by atoms with E-state index in [1.54, 1.807) is 31.2 Å². The summed E-state index contributed by atoms with van der Waals surface area (Å²) in [5.74, 6) is -0.847. The Bertz CT molecular complexity index is 438. The van der Waals surface area contributed by atoms with Gasteiger partial charge < -0.3 is 9.84 Å². The number of ether oxygens (including phenoxy) is 1. The molecule has 1 aromatic carbocycles. The molecule has 90 valence electrons. The van der Waals surface area contributed by atoms with E-state index < -0.39 is 5.97 Å². The average molecular weight is 234 g/mol. The van der Waals surface area contributed by atoms with Gasteiger partial charge in [0.2, 0.25) is 5.70 Å². The summed E-state index contributed by atoms with van der Waals surface area (Å²) in [5.41, 5.74) is 0.427. The summed E-state index contributed by atoms with van der Waals surface area (Å²) in [7, 11) is 1.23. The number of aliphatic hydroxyl groups excluding tert-OH is 1. The number of nitrogens with zero attached hydrogens (tertiary/aromatic N) is 2. The molecule has 0 unspecified atom stereocenters. The van der Waals surface area contributed by atoms with Crippen LogP contribution in [0.2, 0.25) is 0 Å². The summed E-state index contributed by atoms with van der Waals surface area (Å²) < 4.78 is 4.51. The Balaban J connectivity index is 2.96. The SMILES string of the molecule is CC/C(O)=C(/N=Nc1ccccc1)C(=O)OC. The first kappa shape index (κ1) is 12.9. The van der Waals surface area contributed by atoms with Gasteiger partial charge in [-0.15, -0.1) is 5.11 Å². The molecule has 17 heavy (non-hydrogen) atoms. The molecule has 0 bridgehead atoms. The van der Waals surface area contributed by atoms with E-state index in [1.807, 2.05) is 6.07 Å². The predicted molar refractivity (Wildman–Crippen MR) is 62.9 cm³/mol. The highest BCUT2D eigenvalue weighted by Gasteiger charge is 2.14. The molecule has 0 heterocycles. The number of aliphatic hydroxyl groups is 1. The van der Waals surface area contributed by atoms with Gasteiger partial charge in [0.15, 0.2) is 0 Å². The maximum absolute atomic E-state index is 11.3. The van der Waals surface area contributed by atoms with Crippen LogP contribution in [0.4, 0.5) is 5.69 Å². The maximum Gasteiger partial charge on any atom is 0.362 e. The van der Waals surface area contributed by atoms with Gasteiger partial charge in [0, 0.05) is 6.42 Å². The van der Waals surface area contributed by atoms with Gasteiger partial charge in [-0.25, -0.2) is 4.79 Å². The van der Waals surface area contributed by atoms with Crippen molar-refractivity contribution >= 4 is 11.7 Å². The molecule has 0 aliphatic heterocycles. The summed E-state index contributed by atoms with van der Waals surface area (Å²) >= 11 is 0. The van der Waals surface area contributed by atoms with E-state index in [1.165, 1.54) is 7.11 Å². The average Bonchev–Trinajstić information content (AvgIpc) is 2.39. The molecule has 5 nitrogen and oxygen atoms in total. The van der Waals surface area contributed by atoms with Gasteiger partial charge in [-0.2, -0.15) is 5.11 Å². The Morgan fingerprint density at radius 1 is 1.35 bits per heavy atom. The van der Waals surface area contributed by atoms with E-state index in [9.17, 15) is 9.90 Å². The number of carbonyl (C=O) groups is 1. The van der Waals surface area contributed by atoms with Gasteiger partial charge in [-0.3, -0.25) is 0 Å². The van der Waals surface area contributed by atoms with Gasteiger partial charge >= 0.3 is 5.97 Å². The molecular weight excluding hydrogens is 220 g/mol. The van der Waals surface area contributed by atoms with E-state index in [-0.39, 0.29) is 17.9 Å². The molecular formula is C12H14N2O3. The zero-order valence-electron chi connectivity index (χ0n) is 9.75. The second kappa shape index (κ2) is 6.42. The lowest BCUT2D eigenvalue weighted by molar-refractivity contribution is -0.136. The molecule has 1 aromatic rings. The topological polar surface area (TPSA) is 71.2 Å². The smallest absolute Gasteiger partial charge is 0.362 e. The monoisotopic (exact) mass is 234 g/mol. The summed E-state index contributed by atoms with van der Waals surface area (Å²) in [4.78, 5) is 11.3. The van der Waals surface area contributed by atoms with E-state index >= 15 is 0 Å². The van der Waals surface area contributed by atoms with Gasteiger partial charge in [0.05, 0.1) is 12.8 Å². The molecule has 0 aromatic heterocycles. The molecule has 1 rings (SSSR count). The van der Waals surface area contributed by atoms with Crippen molar-refractivity contribution in [2.24, 2.45) is 10.2 Å². The van der Waals surface area contributed by atoms with Crippen molar-refractivity contribution < 1.29 is 14.6 Å². The van der Waals surface area contributed by atoms with Crippen LogP contribution in [0.5, 0.6) is 0 Å². The third-order valence-electron chi connectivity index (χ3n) is 2.01. The molecule has 0 amide bonds. The lowest BCUT2D eigenvalue weighted by Crippen LogP contribution is -2.05. The van der Waals surface area contributed by atoms with Crippen molar-refractivity contribution in [3.63, 3.8) is 0 Å². The number of methoxy groups -OCH3 is 1. The molecule has 1 N–H and O–H groups in total. The van der Waals surface area contributed by atoms with Gasteiger partial charge in [0.1, 0.15) is 5.76 Å². The number of hydrogen-bond acceptors (Lipinski definition) is 5. The van der Waals surface area contributed by atoms with Crippen LogP contribution in [-0.4, -0.2) is 18.2 Å². The minimum absolute atomic E-state index is 0.142. The molecule has 0 atom stereocenters. The quantitative estimate of drug-likeness (QED) is 0.376. The molecule has 0 aliphatic carbocycles. The van der Waals surface area contributed by atoms with Crippen LogP contribution < -0.4 is 0 Å². The minimum atomic E-state index is -0.705. The lowest BCUT2D eigenvalue weighted by atomic mass is 10.3. The number of carbonyl (C=O) groups excluding carboxylic acids is 1. The first-order valence-corrected chi connectivity index (χ1v) is 5.16. The maximum atomic E-state index is 11.3. The number of hydrogen-bond donors (Lipinski definition) is 1. The van der Waals surface area contributed by atoms with Crippen molar-refractivity contribution in [1.82, 2.24) is 0 Å². The first-order chi connectivity index (χ1) is 8.19. The third kappa shape index (κ3) is 3.71. The van der Waals surface area contributed by atoms with Crippen LogP contribution >= 0.6 is 0 Å². The summed E-state index contributed by atoms with van der Waals surface area (Å²) in [6, 6.07) is 8.92. The van der Waals surface area contributed by atoms with Crippen LogP contribution in [0.15, 0.2) is 52.0 Å². The highest BCUT2D eigenvalue weighted by Crippen LogP contribution is 2.15. The third-order valence-corrected chi connectivity index (χ3v) is 2.01. The highest BCUT2D eigenvalue weighted by atomic mass is 16.5. The van der Waals surface area contributed by atoms with Crippen LogP contribution in [0.3, 0.4) is 0 Å². The van der Waals surface area contributed by atoms with E-state index in [4.69, 9.17) is 0 Å². The fourth-order valence-corrected chi connectivity index (χ4v) is 1.08. The van der Waals surface area contributed by atoms with Gasteiger partial charge in [-0.1, -0.05) is 25.1 Å². The first-order valence-electron chi connectivity index (χ1n) is 5.16. The lowest BCUT2D eigenvalue weighted by Gasteiger charge is -2.01. The molecule has 0 saturated carbocycles. The number of allylic oxidation sites excluding steroid dienone is 1. The van der Waals surface area contributed by atoms with Crippen LogP contribution in [0, 0.1) is 0 Å². The van der Waals surface area contributed by atoms with Crippen molar-refractivity contribution in [3.05, 3.63) is 41.8 Å². The minimum Gasteiger partial charge on any atom is -0.510 e. The standard InChI is InChI=1S/C12H14N2O3/c1-3-10(15)11(12(16)17-2)14-13-9-7-5-4-6-8-9/h4-8,15H,3H2,1-2H3/b11-10-,14-13?. The fourth-order valence-electron chi connectivity index (χ4n) is 1.08. The van der Waals surface area contributed by atoms with E-state index in [2.05, 4.69) is 15.0 Å². The van der Waals surface area contributed by atoms with Crippen LogP contribution in [0.25, 0.3) is 0 Å². The molecule has 0 fully saturated rings. The number of esters is 1. The Morgan fingerprint density at radius 3 is 2.53 bits per heavy atom. The van der Waals surface area contributed by atoms with Crippen LogP contribution in [0.1, 0.15) is 13.3 Å². The molecule has 0 aliphatic rings. The summed E-state index contributed by atoms with van der Waals surface area (Å²) in [6.45, 7) is 1.70. The number of benzene rings is 1. The van der Waals surface area contributed by atoms with Gasteiger partial charge in [-0.05, 0) is 12.1 Å². The predicted octanol–water partition coefficient (Wildman–Crippen LogP) is 3.12. The summed E-state index contributed by atoms with van der Waals surface area (Å²) in [5, 5.41) is 17.1. The molecule has 0 saturated heterocycles. The number of azo groups is 1. The van der Waals surface area contributed by atoms with E-state index in [0.717, 1.165) is 0 Å².